The van der Waals surface area contributed by atoms with Crippen LogP contribution < -0.4 is 16.8 Å². The van der Waals surface area contributed by atoms with E-state index in [4.69, 9.17) is 16.6 Å². The van der Waals surface area contributed by atoms with E-state index >= 15 is 0 Å². The minimum absolute atomic E-state index is 0.460. The van der Waals surface area contributed by atoms with E-state index in [-0.39, 0.29) is 0 Å². The van der Waals surface area contributed by atoms with E-state index in [1.54, 1.807) is 20.8 Å². The zero-order valence-electron chi connectivity index (χ0n) is 10.2. The molecule has 0 saturated heterocycles. The maximum absolute atomic E-state index is 11.6. The van der Waals surface area contributed by atoms with Crippen molar-refractivity contribution in [2.75, 3.05) is 0 Å². The number of rotatable bonds is 5. The fourth-order valence-electron chi connectivity index (χ4n) is 1.06. The van der Waals surface area contributed by atoms with Crippen LogP contribution in [0.25, 0.3) is 0 Å². The first-order valence-corrected chi connectivity index (χ1v) is 5.12. The zero-order valence-corrected chi connectivity index (χ0v) is 10.2. The highest BCUT2D eigenvalue weighted by atomic mass is 16.4. The quantitative estimate of drug-likeness (QED) is 0.482. The topological polar surface area (TPSA) is 136 Å². The molecule has 0 saturated carbocycles. The van der Waals surface area contributed by atoms with Gasteiger partial charge in [-0.3, -0.25) is 9.59 Å². The minimum Gasteiger partial charge on any atom is -0.480 e. The lowest BCUT2D eigenvalue weighted by Gasteiger charge is -2.27. The van der Waals surface area contributed by atoms with Crippen molar-refractivity contribution in [1.82, 2.24) is 5.32 Å². The lowest BCUT2D eigenvalue weighted by atomic mass is 9.87. The van der Waals surface area contributed by atoms with Crippen molar-refractivity contribution >= 4 is 17.8 Å². The lowest BCUT2D eigenvalue weighted by molar-refractivity contribution is -0.143. The van der Waals surface area contributed by atoms with Crippen LogP contribution in [0.15, 0.2) is 0 Å². The van der Waals surface area contributed by atoms with Gasteiger partial charge in [-0.05, 0) is 5.41 Å². The molecule has 0 radical (unpaired) electrons. The molecule has 0 heterocycles. The first-order valence-electron chi connectivity index (χ1n) is 5.12. The van der Waals surface area contributed by atoms with E-state index in [1.165, 1.54) is 0 Å². The molecule has 0 fully saturated rings. The van der Waals surface area contributed by atoms with E-state index in [9.17, 15) is 14.4 Å². The summed E-state index contributed by atoms with van der Waals surface area (Å²) in [5, 5.41) is 11.0. The van der Waals surface area contributed by atoms with Gasteiger partial charge < -0.3 is 21.9 Å². The number of nitrogens with one attached hydrogen (secondary N) is 1. The second-order valence-electron chi connectivity index (χ2n) is 4.91. The Labute approximate surface area is 99.5 Å². The van der Waals surface area contributed by atoms with Gasteiger partial charge in [0, 0.05) is 0 Å². The van der Waals surface area contributed by atoms with E-state index in [0.717, 1.165) is 0 Å². The van der Waals surface area contributed by atoms with E-state index in [0.29, 0.717) is 0 Å². The molecule has 0 aromatic carbocycles. The average Bonchev–Trinajstić information content (AvgIpc) is 2.13. The summed E-state index contributed by atoms with van der Waals surface area (Å²) < 4.78 is 0. The number of primary amides is 1. The summed E-state index contributed by atoms with van der Waals surface area (Å²) >= 11 is 0. The molecule has 0 aromatic rings. The van der Waals surface area contributed by atoms with Gasteiger partial charge in [-0.2, -0.15) is 0 Å². The number of hydrogen-bond acceptors (Lipinski definition) is 4. The van der Waals surface area contributed by atoms with E-state index in [2.05, 4.69) is 5.32 Å². The van der Waals surface area contributed by atoms with Crippen molar-refractivity contribution < 1.29 is 19.5 Å². The van der Waals surface area contributed by atoms with Crippen LogP contribution in [0.3, 0.4) is 0 Å². The van der Waals surface area contributed by atoms with Crippen molar-refractivity contribution in [3.8, 4) is 0 Å². The zero-order chi connectivity index (χ0) is 13.8. The molecule has 0 rings (SSSR count). The summed E-state index contributed by atoms with van der Waals surface area (Å²) in [6.07, 6.45) is -0.460. The Bertz CT molecular complexity index is 322. The number of nitrogens with two attached hydrogens (primary N) is 2. The fraction of sp³-hybridized carbons (Fsp3) is 0.700. The number of hydrogen-bond donors (Lipinski definition) is 4. The number of aliphatic carboxylic acids is 1. The van der Waals surface area contributed by atoms with Gasteiger partial charge in [-0.15, -0.1) is 0 Å². The summed E-state index contributed by atoms with van der Waals surface area (Å²) in [6, 6.07) is -2.20. The Morgan fingerprint density at radius 1 is 1.29 bits per heavy atom. The van der Waals surface area contributed by atoms with Crippen LogP contribution in [0.1, 0.15) is 27.2 Å². The largest absolute Gasteiger partial charge is 0.480 e. The third-order valence-corrected chi connectivity index (χ3v) is 2.24. The van der Waals surface area contributed by atoms with Crippen molar-refractivity contribution in [1.29, 1.82) is 0 Å². The van der Waals surface area contributed by atoms with Crippen LogP contribution in [0.5, 0.6) is 0 Å². The lowest BCUT2D eigenvalue weighted by Crippen LogP contribution is -2.53. The molecule has 0 aliphatic heterocycles. The molecule has 7 nitrogen and oxygen atoms in total. The molecule has 98 valence electrons. The summed E-state index contributed by atoms with van der Waals surface area (Å²) in [7, 11) is 0. The molecule has 1 unspecified atom stereocenters. The minimum atomic E-state index is -1.34. The summed E-state index contributed by atoms with van der Waals surface area (Å²) in [6.45, 7) is 5.25. The van der Waals surface area contributed by atoms with Gasteiger partial charge in [0.25, 0.3) is 0 Å². The van der Waals surface area contributed by atoms with Gasteiger partial charge >= 0.3 is 5.97 Å². The molecule has 2 atom stereocenters. The standard InChI is InChI=1S/C10H19N3O4/c1-10(2,3)7(12)8(15)13-5(9(16)17)4-6(11)14/h5,7H,4,12H2,1-3H3,(H2,11,14)(H,13,15)(H,16,17)/t5?,7-/m1/s1. The van der Waals surface area contributed by atoms with Crippen molar-refractivity contribution in [2.45, 2.75) is 39.3 Å². The number of amides is 2. The number of carboxylic acid groups (broad SMARTS) is 1. The van der Waals surface area contributed by atoms with Gasteiger partial charge in [0.05, 0.1) is 12.5 Å². The van der Waals surface area contributed by atoms with Gasteiger partial charge in [0.1, 0.15) is 6.04 Å². The van der Waals surface area contributed by atoms with Crippen molar-refractivity contribution in [3.63, 3.8) is 0 Å². The summed E-state index contributed by atoms with van der Waals surface area (Å²) in [5.41, 5.74) is 10.0. The highest BCUT2D eigenvalue weighted by molar-refractivity contribution is 5.90. The molecule has 7 heteroatoms. The Morgan fingerprint density at radius 2 is 1.76 bits per heavy atom. The van der Waals surface area contributed by atoms with Crippen LogP contribution >= 0.6 is 0 Å². The van der Waals surface area contributed by atoms with Gasteiger partial charge in [-0.25, -0.2) is 4.79 Å². The number of carbonyl (C=O) groups excluding carboxylic acids is 2. The molecular weight excluding hydrogens is 226 g/mol. The second-order valence-corrected chi connectivity index (χ2v) is 4.91. The molecule has 0 aliphatic carbocycles. The number of carbonyl (C=O) groups is 3. The predicted molar refractivity (Wildman–Crippen MR) is 60.8 cm³/mol. The Kier molecular flexibility index (Phi) is 5.09. The molecule has 0 spiro atoms. The third kappa shape index (κ3) is 5.30. The smallest absolute Gasteiger partial charge is 0.326 e. The van der Waals surface area contributed by atoms with Crippen molar-refractivity contribution in [3.05, 3.63) is 0 Å². The number of carboxylic acids is 1. The molecule has 0 aromatic heterocycles. The average molecular weight is 245 g/mol. The highest BCUT2D eigenvalue weighted by Gasteiger charge is 2.31. The molecule has 17 heavy (non-hydrogen) atoms. The predicted octanol–water partition coefficient (Wildman–Crippen LogP) is -1.20. The second kappa shape index (κ2) is 5.62. The maximum Gasteiger partial charge on any atom is 0.326 e. The molecular formula is C10H19N3O4. The van der Waals surface area contributed by atoms with Crippen LogP contribution in [0.2, 0.25) is 0 Å². The van der Waals surface area contributed by atoms with Crippen LogP contribution in [0, 0.1) is 5.41 Å². The Morgan fingerprint density at radius 3 is 2.06 bits per heavy atom. The third-order valence-electron chi connectivity index (χ3n) is 2.24. The molecule has 0 aliphatic rings. The first kappa shape index (κ1) is 15.4. The van der Waals surface area contributed by atoms with Crippen molar-refractivity contribution in [2.24, 2.45) is 16.9 Å². The Balaban J connectivity index is 4.62. The van der Waals surface area contributed by atoms with E-state index in [1.807, 2.05) is 0 Å². The summed E-state index contributed by atoms with van der Waals surface area (Å²) in [4.78, 5) is 33.1. The normalized spacial score (nSPS) is 14.8. The maximum atomic E-state index is 11.6. The van der Waals surface area contributed by atoms with Gasteiger partial charge in [0.2, 0.25) is 11.8 Å². The monoisotopic (exact) mass is 245 g/mol. The van der Waals surface area contributed by atoms with Crippen LogP contribution in [-0.2, 0) is 14.4 Å². The SMILES string of the molecule is CC(C)(C)[C@H](N)C(=O)NC(CC(N)=O)C(=O)O. The van der Waals surface area contributed by atoms with Crippen LogP contribution in [-0.4, -0.2) is 35.0 Å². The van der Waals surface area contributed by atoms with Gasteiger partial charge in [0.15, 0.2) is 0 Å². The van der Waals surface area contributed by atoms with E-state index < -0.39 is 41.7 Å². The molecule has 0 bridgehead atoms. The van der Waals surface area contributed by atoms with Crippen LogP contribution in [0.4, 0.5) is 0 Å². The molecule has 6 N–H and O–H groups in total. The summed E-state index contributed by atoms with van der Waals surface area (Å²) in [5.74, 6) is -2.74. The van der Waals surface area contributed by atoms with Gasteiger partial charge in [-0.1, -0.05) is 20.8 Å². The fourth-order valence-corrected chi connectivity index (χ4v) is 1.06. The molecule has 2 amide bonds. The highest BCUT2D eigenvalue weighted by Crippen LogP contribution is 2.17. The Hall–Kier alpha value is -1.63. The first-order chi connectivity index (χ1) is 7.55.